The number of carbonyl (C=O) groups excluding carboxylic acids is 1. The van der Waals surface area contributed by atoms with Crippen LogP contribution in [0, 0.1) is 11.8 Å². The van der Waals surface area contributed by atoms with E-state index in [4.69, 9.17) is 0 Å². The zero-order chi connectivity index (χ0) is 11.8. The Balaban J connectivity index is 1.67. The number of Topliss-reactive ketones (excluding diaryl/α,β-unsaturated/α-hetero) is 1. The van der Waals surface area contributed by atoms with Crippen LogP contribution in [-0.2, 0) is 4.79 Å². The maximum atomic E-state index is 11.4. The van der Waals surface area contributed by atoms with Gasteiger partial charge in [0.1, 0.15) is 5.78 Å². The fraction of sp³-hybridized carbons (Fsp3) is 0.800. The van der Waals surface area contributed by atoms with Gasteiger partial charge in [-0.1, -0.05) is 11.1 Å². The van der Waals surface area contributed by atoms with Gasteiger partial charge in [-0.25, -0.2) is 0 Å². The standard InChI is InChI=1S/C15H22O2/c16-14-5-3-11-7-10(1-2-12(11)8-14)13-4-6-15(17)9-13/h10,13,15,17H,1-9H2/t10-,13-,15+/m0/s1. The largest absolute Gasteiger partial charge is 0.393 e. The third kappa shape index (κ3) is 2.33. The molecular formula is C15H22O2. The fourth-order valence-electron chi connectivity index (χ4n) is 4.03. The second kappa shape index (κ2) is 4.56. The molecule has 2 nitrogen and oxygen atoms in total. The molecule has 0 saturated heterocycles. The average molecular weight is 234 g/mol. The average Bonchev–Trinajstić information content (AvgIpc) is 2.75. The van der Waals surface area contributed by atoms with E-state index < -0.39 is 0 Å². The highest BCUT2D eigenvalue weighted by atomic mass is 16.3. The number of hydrogen-bond acceptors (Lipinski definition) is 2. The summed E-state index contributed by atoms with van der Waals surface area (Å²) in [6.07, 6.45) is 9.38. The van der Waals surface area contributed by atoms with Gasteiger partial charge >= 0.3 is 0 Å². The summed E-state index contributed by atoms with van der Waals surface area (Å²) in [5, 5.41) is 9.64. The lowest BCUT2D eigenvalue weighted by Crippen LogP contribution is -2.22. The van der Waals surface area contributed by atoms with Gasteiger partial charge in [0, 0.05) is 12.8 Å². The van der Waals surface area contributed by atoms with E-state index in [1.54, 1.807) is 5.57 Å². The maximum absolute atomic E-state index is 11.4. The molecule has 0 spiro atoms. The van der Waals surface area contributed by atoms with Crippen molar-refractivity contribution in [2.75, 3.05) is 0 Å². The van der Waals surface area contributed by atoms with E-state index in [9.17, 15) is 9.90 Å². The molecule has 1 saturated carbocycles. The number of ketones is 1. The van der Waals surface area contributed by atoms with E-state index in [0.29, 0.717) is 5.78 Å². The second-order valence-electron chi connectivity index (χ2n) is 6.15. The van der Waals surface area contributed by atoms with Crippen molar-refractivity contribution in [2.45, 2.75) is 63.9 Å². The highest BCUT2D eigenvalue weighted by Gasteiger charge is 2.33. The van der Waals surface area contributed by atoms with Crippen molar-refractivity contribution in [3.05, 3.63) is 11.1 Å². The van der Waals surface area contributed by atoms with Gasteiger partial charge < -0.3 is 5.11 Å². The minimum Gasteiger partial charge on any atom is -0.393 e. The van der Waals surface area contributed by atoms with Gasteiger partial charge in [0.25, 0.3) is 0 Å². The minimum atomic E-state index is -0.0386. The molecular weight excluding hydrogens is 212 g/mol. The number of aliphatic hydroxyl groups excluding tert-OH is 1. The van der Waals surface area contributed by atoms with Gasteiger partial charge in [0.15, 0.2) is 0 Å². The van der Waals surface area contributed by atoms with Crippen LogP contribution in [0.15, 0.2) is 11.1 Å². The molecule has 0 aromatic rings. The van der Waals surface area contributed by atoms with E-state index in [1.807, 2.05) is 0 Å². The van der Waals surface area contributed by atoms with Crippen molar-refractivity contribution in [3.63, 3.8) is 0 Å². The monoisotopic (exact) mass is 234 g/mol. The molecule has 0 unspecified atom stereocenters. The smallest absolute Gasteiger partial charge is 0.137 e. The van der Waals surface area contributed by atoms with Gasteiger partial charge in [0.2, 0.25) is 0 Å². The van der Waals surface area contributed by atoms with Crippen molar-refractivity contribution < 1.29 is 9.90 Å². The summed E-state index contributed by atoms with van der Waals surface area (Å²) in [6.45, 7) is 0. The van der Waals surface area contributed by atoms with Crippen LogP contribution in [0.5, 0.6) is 0 Å². The first kappa shape index (κ1) is 11.5. The van der Waals surface area contributed by atoms with Gasteiger partial charge in [-0.05, 0) is 56.8 Å². The number of hydrogen-bond donors (Lipinski definition) is 1. The van der Waals surface area contributed by atoms with Crippen LogP contribution in [0.3, 0.4) is 0 Å². The summed E-state index contributed by atoms with van der Waals surface area (Å²) in [6, 6.07) is 0. The predicted molar refractivity (Wildman–Crippen MR) is 66.6 cm³/mol. The molecule has 0 radical (unpaired) electrons. The SMILES string of the molecule is O=C1CCC2=C(CC[C@H]([C@H]3CC[C@@H](O)C3)C2)C1. The van der Waals surface area contributed by atoms with Crippen molar-refractivity contribution in [3.8, 4) is 0 Å². The Hall–Kier alpha value is -0.630. The molecule has 3 rings (SSSR count). The van der Waals surface area contributed by atoms with Crippen LogP contribution in [0.25, 0.3) is 0 Å². The van der Waals surface area contributed by atoms with E-state index >= 15 is 0 Å². The molecule has 3 aliphatic carbocycles. The van der Waals surface area contributed by atoms with Crippen LogP contribution >= 0.6 is 0 Å². The van der Waals surface area contributed by atoms with E-state index in [0.717, 1.165) is 50.4 Å². The first-order valence-electron chi connectivity index (χ1n) is 7.12. The zero-order valence-corrected chi connectivity index (χ0v) is 10.5. The molecule has 94 valence electrons. The van der Waals surface area contributed by atoms with Gasteiger partial charge in [-0.15, -0.1) is 0 Å². The molecule has 0 aliphatic heterocycles. The lowest BCUT2D eigenvalue weighted by molar-refractivity contribution is -0.118. The van der Waals surface area contributed by atoms with Gasteiger partial charge in [-0.2, -0.15) is 0 Å². The number of aliphatic hydroxyl groups is 1. The normalized spacial score (nSPS) is 38.4. The quantitative estimate of drug-likeness (QED) is 0.708. The number of allylic oxidation sites excluding steroid dienone is 2. The van der Waals surface area contributed by atoms with E-state index in [2.05, 4.69) is 0 Å². The Kier molecular flexibility index (Phi) is 3.08. The van der Waals surface area contributed by atoms with Crippen molar-refractivity contribution in [1.82, 2.24) is 0 Å². The Morgan fingerprint density at radius 1 is 0.941 bits per heavy atom. The molecule has 0 amide bonds. The molecule has 0 aromatic carbocycles. The molecule has 0 heterocycles. The summed E-state index contributed by atoms with van der Waals surface area (Å²) < 4.78 is 0. The van der Waals surface area contributed by atoms with Crippen LogP contribution < -0.4 is 0 Å². The van der Waals surface area contributed by atoms with Gasteiger partial charge in [0.05, 0.1) is 6.10 Å². The zero-order valence-electron chi connectivity index (χ0n) is 10.5. The second-order valence-corrected chi connectivity index (χ2v) is 6.15. The molecule has 2 heteroatoms. The lowest BCUT2D eigenvalue weighted by atomic mass is 9.72. The maximum Gasteiger partial charge on any atom is 0.137 e. The Morgan fingerprint density at radius 2 is 1.82 bits per heavy atom. The summed E-state index contributed by atoms with van der Waals surface area (Å²) in [5.74, 6) is 1.98. The molecule has 17 heavy (non-hydrogen) atoms. The lowest BCUT2D eigenvalue weighted by Gasteiger charge is -2.33. The van der Waals surface area contributed by atoms with Crippen LogP contribution in [0.4, 0.5) is 0 Å². The van der Waals surface area contributed by atoms with Crippen molar-refractivity contribution >= 4 is 5.78 Å². The third-order valence-electron chi connectivity index (χ3n) is 5.05. The molecule has 0 bridgehead atoms. The van der Waals surface area contributed by atoms with E-state index in [-0.39, 0.29) is 6.10 Å². The summed E-state index contributed by atoms with van der Waals surface area (Å²) in [7, 11) is 0. The van der Waals surface area contributed by atoms with Crippen LogP contribution in [0.2, 0.25) is 0 Å². The Labute approximate surface area is 103 Å². The Morgan fingerprint density at radius 3 is 2.59 bits per heavy atom. The summed E-state index contributed by atoms with van der Waals surface area (Å²) in [4.78, 5) is 11.4. The highest BCUT2D eigenvalue weighted by Crippen LogP contribution is 2.44. The third-order valence-corrected chi connectivity index (χ3v) is 5.05. The fourth-order valence-corrected chi connectivity index (χ4v) is 4.03. The predicted octanol–water partition coefficient (Wildman–Crippen LogP) is 3.00. The minimum absolute atomic E-state index is 0.0386. The number of carbonyl (C=O) groups is 1. The first-order valence-corrected chi connectivity index (χ1v) is 7.12. The molecule has 3 aliphatic rings. The van der Waals surface area contributed by atoms with Crippen molar-refractivity contribution in [2.24, 2.45) is 11.8 Å². The van der Waals surface area contributed by atoms with E-state index in [1.165, 1.54) is 24.8 Å². The molecule has 1 N–H and O–H groups in total. The van der Waals surface area contributed by atoms with Gasteiger partial charge in [-0.3, -0.25) is 4.79 Å². The first-order chi connectivity index (χ1) is 8.22. The summed E-state index contributed by atoms with van der Waals surface area (Å²) >= 11 is 0. The highest BCUT2D eigenvalue weighted by molar-refractivity contribution is 5.82. The molecule has 3 atom stereocenters. The van der Waals surface area contributed by atoms with Crippen molar-refractivity contribution in [1.29, 1.82) is 0 Å². The topological polar surface area (TPSA) is 37.3 Å². The van der Waals surface area contributed by atoms with Crippen LogP contribution in [-0.4, -0.2) is 17.0 Å². The van der Waals surface area contributed by atoms with Crippen LogP contribution in [0.1, 0.15) is 57.8 Å². The molecule has 0 aromatic heterocycles. The molecule has 1 fully saturated rings. The summed E-state index contributed by atoms with van der Waals surface area (Å²) in [5.41, 5.74) is 3.07. The number of rotatable bonds is 1. The Bertz CT molecular complexity index is 356.